The SMILES string of the molecule is CCC(CC)C(=O)N1CC(S(=O)(=O)c2ccc(Cl)cc2)C1. The van der Waals surface area contributed by atoms with E-state index in [1.54, 1.807) is 17.0 Å². The summed E-state index contributed by atoms with van der Waals surface area (Å²) in [6.07, 6.45) is 1.58. The Morgan fingerprint density at radius 2 is 1.76 bits per heavy atom. The van der Waals surface area contributed by atoms with Crippen LogP contribution in [0.5, 0.6) is 0 Å². The Labute approximate surface area is 131 Å². The standard InChI is InChI=1S/C15H20ClNO3S/c1-3-11(4-2)15(18)17-9-14(10-17)21(19,20)13-7-5-12(16)6-8-13/h5-8,11,14H,3-4,9-10H2,1-2H3. The Balaban J connectivity index is 2.03. The Morgan fingerprint density at radius 1 is 1.24 bits per heavy atom. The number of carbonyl (C=O) groups excluding carboxylic acids is 1. The summed E-state index contributed by atoms with van der Waals surface area (Å²) in [6.45, 7) is 4.54. The molecule has 0 bridgehead atoms. The smallest absolute Gasteiger partial charge is 0.225 e. The van der Waals surface area contributed by atoms with Gasteiger partial charge in [0.25, 0.3) is 0 Å². The van der Waals surface area contributed by atoms with Crippen LogP contribution in [0.1, 0.15) is 26.7 Å². The van der Waals surface area contributed by atoms with Crippen molar-refractivity contribution in [3.8, 4) is 0 Å². The van der Waals surface area contributed by atoms with Crippen LogP contribution in [0.2, 0.25) is 5.02 Å². The first-order valence-electron chi connectivity index (χ1n) is 7.18. The van der Waals surface area contributed by atoms with Crippen molar-refractivity contribution in [2.45, 2.75) is 36.8 Å². The minimum atomic E-state index is -3.38. The zero-order chi connectivity index (χ0) is 15.6. The van der Waals surface area contributed by atoms with Gasteiger partial charge >= 0.3 is 0 Å². The molecule has 0 spiro atoms. The average molecular weight is 330 g/mol. The van der Waals surface area contributed by atoms with Gasteiger partial charge in [-0.2, -0.15) is 0 Å². The highest BCUT2D eigenvalue weighted by atomic mass is 35.5. The Morgan fingerprint density at radius 3 is 2.24 bits per heavy atom. The van der Waals surface area contributed by atoms with E-state index in [0.29, 0.717) is 18.1 Å². The molecule has 4 nitrogen and oxygen atoms in total. The molecule has 21 heavy (non-hydrogen) atoms. The van der Waals surface area contributed by atoms with Crippen molar-refractivity contribution in [1.29, 1.82) is 0 Å². The molecule has 1 aromatic rings. The number of benzene rings is 1. The molecule has 0 atom stereocenters. The molecule has 1 heterocycles. The largest absolute Gasteiger partial charge is 0.340 e. The number of halogens is 1. The topological polar surface area (TPSA) is 54.5 Å². The van der Waals surface area contributed by atoms with Crippen molar-refractivity contribution in [2.24, 2.45) is 5.92 Å². The lowest BCUT2D eigenvalue weighted by Gasteiger charge is -2.40. The molecule has 6 heteroatoms. The fourth-order valence-electron chi connectivity index (χ4n) is 2.53. The molecular formula is C15H20ClNO3S. The molecule has 1 aliphatic heterocycles. The van der Waals surface area contributed by atoms with E-state index in [9.17, 15) is 13.2 Å². The van der Waals surface area contributed by atoms with Crippen molar-refractivity contribution in [3.05, 3.63) is 29.3 Å². The number of nitrogens with zero attached hydrogens (tertiary/aromatic N) is 1. The number of hydrogen-bond acceptors (Lipinski definition) is 3. The molecule has 0 aliphatic carbocycles. The number of sulfone groups is 1. The summed E-state index contributed by atoms with van der Waals surface area (Å²) in [4.78, 5) is 14.1. The number of rotatable bonds is 5. The molecule has 0 radical (unpaired) electrons. The van der Waals surface area contributed by atoms with Gasteiger partial charge in [-0.15, -0.1) is 0 Å². The summed E-state index contributed by atoms with van der Waals surface area (Å²) in [6, 6.07) is 6.17. The van der Waals surface area contributed by atoms with Crippen molar-refractivity contribution in [3.63, 3.8) is 0 Å². The molecular weight excluding hydrogens is 310 g/mol. The Hall–Kier alpha value is -1.07. The van der Waals surface area contributed by atoms with Gasteiger partial charge in [0.15, 0.2) is 9.84 Å². The van der Waals surface area contributed by atoms with Crippen LogP contribution >= 0.6 is 11.6 Å². The van der Waals surface area contributed by atoms with E-state index in [1.807, 2.05) is 13.8 Å². The fraction of sp³-hybridized carbons (Fsp3) is 0.533. The third kappa shape index (κ3) is 3.24. The van der Waals surface area contributed by atoms with E-state index in [1.165, 1.54) is 12.1 Å². The molecule has 0 N–H and O–H groups in total. The molecule has 0 aromatic heterocycles. The second-order valence-corrected chi connectivity index (χ2v) is 8.04. The maximum Gasteiger partial charge on any atom is 0.225 e. The van der Waals surface area contributed by atoms with E-state index < -0.39 is 15.1 Å². The fourth-order valence-corrected chi connectivity index (χ4v) is 4.31. The minimum absolute atomic E-state index is 0.00388. The van der Waals surface area contributed by atoms with Crippen LogP contribution in [0.3, 0.4) is 0 Å². The van der Waals surface area contributed by atoms with E-state index in [0.717, 1.165) is 12.8 Å². The molecule has 1 fully saturated rings. The highest BCUT2D eigenvalue weighted by molar-refractivity contribution is 7.92. The highest BCUT2D eigenvalue weighted by Gasteiger charge is 2.41. The van der Waals surface area contributed by atoms with E-state index >= 15 is 0 Å². The summed E-state index contributed by atoms with van der Waals surface area (Å²) in [5, 5.41) is 0.00471. The van der Waals surface area contributed by atoms with Gasteiger partial charge in [-0.05, 0) is 37.1 Å². The second kappa shape index (κ2) is 6.36. The van der Waals surface area contributed by atoms with Crippen molar-refractivity contribution >= 4 is 27.3 Å². The van der Waals surface area contributed by atoms with Crippen molar-refractivity contribution in [2.75, 3.05) is 13.1 Å². The zero-order valence-electron chi connectivity index (χ0n) is 12.3. The van der Waals surface area contributed by atoms with Gasteiger partial charge in [-0.3, -0.25) is 4.79 Å². The molecule has 1 saturated heterocycles. The molecule has 2 rings (SSSR count). The van der Waals surface area contributed by atoms with Crippen LogP contribution < -0.4 is 0 Å². The molecule has 1 aromatic carbocycles. The third-order valence-corrected chi connectivity index (χ3v) is 6.43. The van der Waals surface area contributed by atoms with Gasteiger partial charge in [0, 0.05) is 24.0 Å². The van der Waals surface area contributed by atoms with Crippen LogP contribution in [-0.4, -0.2) is 37.6 Å². The number of hydrogen-bond donors (Lipinski definition) is 0. The average Bonchev–Trinajstić information content (AvgIpc) is 2.38. The summed E-state index contributed by atoms with van der Waals surface area (Å²) in [5.74, 6) is 0.0757. The van der Waals surface area contributed by atoms with Crippen LogP contribution in [0.4, 0.5) is 0 Å². The molecule has 1 aliphatic rings. The number of carbonyl (C=O) groups is 1. The summed E-state index contributed by atoms with van der Waals surface area (Å²) in [7, 11) is -3.38. The van der Waals surface area contributed by atoms with E-state index in [2.05, 4.69) is 0 Å². The zero-order valence-corrected chi connectivity index (χ0v) is 13.8. The molecule has 1 amide bonds. The summed E-state index contributed by atoms with van der Waals surface area (Å²) >= 11 is 5.77. The van der Waals surface area contributed by atoms with Gasteiger partial charge in [0.05, 0.1) is 4.90 Å². The van der Waals surface area contributed by atoms with Crippen molar-refractivity contribution in [1.82, 2.24) is 4.90 Å². The number of amides is 1. The number of likely N-dealkylation sites (tertiary alicyclic amines) is 1. The second-order valence-electron chi connectivity index (χ2n) is 5.38. The van der Waals surface area contributed by atoms with Gasteiger partial charge in [0.2, 0.25) is 5.91 Å². The van der Waals surface area contributed by atoms with Crippen LogP contribution in [0.25, 0.3) is 0 Å². The van der Waals surface area contributed by atoms with E-state index in [-0.39, 0.29) is 16.7 Å². The van der Waals surface area contributed by atoms with E-state index in [4.69, 9.17) is 11.6 Å². The summed E-state index contributed by atoms with van der Waals surface area (Å²) < 4.78 is 24.8. The predicted molar refractivity (Wildman–Crippen MR) is 83.1 cm³/mol. The van der Waals surface area contributed by atoms with Crippen LogP contribution in [0, 0.1) is 5.92 Å². The predicted octanol–water partition coefficient (Wildman–Crippen LogP) is 2.76. The van der Waals surface area contributed by atoms with Gasteiger partial charge < -0.3 is 4.90 Å². The van der Waals surface area contributed by atoms with Gasteiger partial charge in [-0.1, -0.05) is 25.4 Å². The van der Waals surface area contributed by atoms with Gasteiger partial charge in [-0.25, -0.2) is 8.42 Å². The summed E-state index contributed by atoms with van der Waals surface area (Å²) in [5.41, 5.74) is 0. The first-order valence-corrected chi connectivity index (χ1v) is 9.10. The normalized spacial score (nSPS) is 16.1. The Kier molecular flexibility index (Phi) is 4.94. The lowest BCUT2D eigenvalue weighted by atomic mass is 10.00. The first kappa shape index (κ1) is 16.3. The highest BCUT2D eigenvalue weighted by Crippen LogP contribution is 2.26. The quantitative estimate of drug-likeness (QED) is 0.834. The maximum absolute atomic E-state index is 12.4. The first-order chi connectivity index (χ1) is 9.90. The molecule has 0 saturated carbocycles. The van der Waals surface area contributed by atoms with Crippen molar-refractivity contribution < 1.29 is 13.2 Å². The molecule has 0 unspecified atom stereocenters. The third-order valence-electron chi connectivity index (χ3n) is 4.08. The monoisotopic (exact) mass is 329 g/mol. The minimum Gasteiger partial charge on any atom is -0.340 e. The Bertz CT molecular complexity index is 602. The van der Waals surface area contributed by atoms with Gasteiger partial charge in [0.1, 0.15) is 5.25 Å². The van der Waals surface area contributed by atoms with Crippen LogP contribution in [0.15, 0.2) is 29.2 Å². The maximum atomic E-state index is 12.4. The lowest BCUT2D eigenvalue weighted by molar-refractivity contribution is -0.139. The molecule has 116 valence electrons. The van der Waals surface area contributed by atoms with Crippen LogP contribution in [-0.2, 0) is 14.6 Å². The lowest BCUT2D eigenvalue weighted by Crippen LogP contribution is -2.58.